The summed E-state index contributed by atoms with van der Waals surface area (Å²) < 4.78 is 18.0. The molecule has 1 heterocycles. The fraction of sp³-hybridized carbons (Fsp3) is 0.333. The average molecular weight is 235 g/mol. The van der Waals surface area contributed by atoms with Crippen LogP contribution in [0, 0.1) is 11.7 Å². The minimum absolute atomic E-state index is 0.296. The van der Waals surface area contributed by atoms with E-state index in [2.05, 4.69) is 24.0 Å². The standard InChI is InChI=1S/C12H14FN3O/c1-7(2)5-11-15-12(17-16-11)9-4-3-8(13)6-10(9)14/h3-4,6-7H,5,14H2,1-2H3. The first-order valence-corrected chi connectivity index (χ1v) is 5.44. The smallest absolute Gasteiger partial charge is 0.260 e. The Balaban J connectivity index is 2.30. The highest BCUT2D eigenvalue weighted by Crippen LogP contribution is 2.25. The van der Waals surface area contributed by atoms with Crippen molar-refractivity contribution in [3.05, 3.63) is 29.8 Å². The summed E-state index contributed by atoms with van der Waals surface area (Å²) in [4.78, 5) is 4.23. The third-order valence-corrected chi connectivity index (χ3v) is 2.30. The van der Waals surface area contributed by atoms with Gasteiger partial charge in [-0.2, -0.15) is 4.98 Å². The van der Waals surface area contributed by atoms with Gasteiger partial charge >= 0.3 is 0 Å². The highest BCUT2D eigenvalue weighted by atomic mass is 19.1. The van der Waals surface area contributed by atoms with Gasteiger partial charge in [-0.25, -0.2) is 4.39 Å². The summed E-state index contributed by atoms with van der Waals surface area (Å²) in [5.74, 6) is 1.04. The Bertz CT molecular complexity index is 522. The molecule has 1 aromatic carbocycles. The summed E-state index contributed by atoms with van der Waals surface area (Å²) in [6.45, 7) is 4.14. The normalized spacial score (nSPS) is 11.1. The third kappa shape index (κ3) is 2.61. The van der Waals surface area contributed by atoms with Crippen LogP contribution in [0.3, 0.4) is 0 Å². The van der Waals surface area contributed by atoms with E-state index in [0.717, 1.165) is 6.42 Å². The minimum Gasteiger partial charge on any atom is -0.398 e. The molecule has 0 spiro atoms. The van der Waals surface area contributed by atoms with E-state index in [-0.39, 0.29) is 5.82 Å². The molecule has 0 atom stereocenters. The molecule has 5 heteroatoms. The van der Waals surface area contributed by atoms with Crippen molar-refractivity contribution in [2.45, 2.75) is 20.3 Å². The van der Waals surface area contributed by atoms with Crippen molar-refractivity contribution >= 4 is 5.69 Å². The molecule has 0 amide bonds. The van der Waals surface area contributed by atoms with Crippen molar-refractivity contribution in [1.82, 2.24) is 10.1 Å². The Labute approximate surface area is 98.6 Å². The Morgan fingerprint density at radius 2 is 2.18 bits per heavy atom. The van der Waals surface area contributed by atoms with E-state index in [0.29, 0.717) is 28.9 Å². The first-order valence-electron chi connectivity index (χ1n) is 5.44. The number of nitrogens with two attached hydrogens (primary N) is 1. The van der Waals surface area contributed by atoms with Crippen molar-refractivity contribution in [3.8, 4) is 11.5 Å². The van der Waals surface area contributed by atoms with Crippen LogP contribution in [-0.2, 0) is 6.42 Å². The number of nitrogens with zero attached hydrogens (tertiary/aromatic N) is 2. The lowest BCUT2D eigenvalue weighted by atomic mass is 10.1. The van der Waals surface area contributed by atoms with Gasteiger partial charge in [0, 0.05) is 12.1 Å². The lowest BCUT2D eigenvalue weighted by molar-refractivity contribution is 0.418. The highest BCUT2D eigenvalue weighted by molar-refractivity contribution is 5.70. The van der Waals surface area contributed by atoms with E-state index >= 15 is 0 Å². The van der Waals surface area contributed by atoms with Gasteiger partial charge in [0.1, 0.15) is 5.82 Å². The molecule has 0 bridgehead atoms. The lowest BCUT2D eigenvalue weighted by Crippen LogP contribution is -1.96. The summed E-state index contributed by atoms with van der Waals surface area (Å²) in [6.07, 6.45) is 0.741. The molecule has 0 aliphatic carbocycles. The highest BCUT2D eigenvalue weighted by Gasteiger charge is 2.12. The fourth-order valence-corrected chi connectivity index (χ4v) is 1.54. The molecule has 1 aromatic heterocycles. The number of anilines is 1. The SMILES string of the molecule is CC(C)Cc1noc(-c2ccc(F)cc2N)n1. The van der Waals surface area contributed by atoms with Crippen molar-refractivity contribution in [1.29, 1.82) is 0 Å². The number of benzene rings is 1. The molecule has 0 aliphatic rings. The van der Waals surface area contributed by atoms with Gasteiger partial charge in [0.2, 0.25) is 0 Å². The molecule has 4 nitrogen and oxygen atoms in total. The zero-order valence-electron chi connectivity index (χ0n) is 9.77. The summed E-state index contributed by atoms with van der Waals surface area (Å²) in [7, 11) is 0. The first-order chi connectivity index (χ1) is 8.06. The maximum atomic E-state index is 12.9. The molecule has 0 radical (unpaired) electrons. The first kappa shape index (κ1) is 11.6. The van der Waals surface area contributed by atoms with E-state index in [4.69, 9.17) is 10.3 Å². The predicted octanol–water partition coefficient (Wildman–Crippen LogP) is 2.66. The molecular weight excluding hydrogens is 221 g/mol. The molecule has 17 heavy (non-hydrogen) atoms. The van der Waals surface area contributed by atoms with Crippen LogP contribution >= 0.6 is 0 Å². The predicted molar refractivity (Wildman–Crippen MR) is 62.6 cm³/mol. The molecule has 0 fully saturated rings. The van der Waals surface area contributed by atoms with Crippen LogP contribution in [0.25, 0.3) is 11.5 Å². The van der Waals surface area contributed by atoms with Gasteiger partial charge in [-0.1, -0.05) is 19.0 Å². The molecule has 2 aromatic rings. The van der Waals surface area contributed by atoms with Gasteiger partial charge in [0.25, 0.3) is 5.89 Å². The molecule has 2 N–H and O–H groups in total. The molecule has 0 unspecified atom stereocenters. The zero-order chi connectivity index (χ0) is 12.4. The number of hydrogen-bond acceptors (Lipinski definition) is 4. The van der Waals surface area contributed by atoms with E-state index in [9.17, 15) is 4.39 Å². The van der Waals surface area contributed by atoms with Gasteiger partial charge in [0.05, 0.1) is 5.56 Å². The lowest BCUT2D eigenvalue weighted by Gasteiger charge is -1.99. The number of rotatable bonds is 3. The Kier molecular flexibility index (Phi) is 3.08. The van der Waals surface area contributed by atoms with E-state index in [1.165, 1.54) is 18.2 Å². The summed E-state index contributed by atoms with van der Waals surface area (Å²) in [5, 5.41) is 3.86. The van der Waals surface area contributed by atoms with E-state index < -0.39 is 0 Å². The maximum absolute atomic E-state index is 12.9. The quantitative estimate of drug-likeness (QED) is 0.830. The van der Waals surface area contributed by atoms with E-state index in [1.54, 1.807) is 0 Å². The Morgan fingerprint density at radius 1 is 1.41 bits per heavy atom. The number of halogens is 1. The van der Waals surface area contributed by atoms with Gasteiger partial charge < -0.3 is 10.3 Å². The van der Waals surface area contributed by atoms with Crippen LogP contribution < -0.4 is 5.73 Å². The molecule has 0 saturated carbocycles. The van der Waals surface area contributed by atoms with Crippen LogP contribution in [0.1, 0.15) is 19.7 Å². The van der Waals surface area contributed by atoms with Crippen molar-refractivity contribution in [3.63, 3.8) is 0 Å². The fourth-order valence-electron chi connectivity index (χ4n) is 1.54. The molecular formula is C12H14FN3O. The van der Waals surface area contributed by atoms with Gasteiger partial charge in [-0.05, 0) is 24.1 Å². The number of nitrogen functional groups attached to an aromatic ring is 1. The van der Waals surface area contributed by atoms with Crippen LogP contribution in [0.15, 0.2) is 22.7 Å². The Hall–Kier alpha value is -1.91. The molecule has 2 rings (SSSR count). The minimum atomic E-state index is -0.381. The topological polar surface area (TPSA) is 64.9 Å². The maximum Gasteiger partial charge on any atom is 0.260 e. The second-order valence-electron chi connectivity index (χ2n) is 4.35. The van der Waals surface area contributed by atoms with Crippen LogP contribution in [0.5, 0.6) is 0 Å². The average Bonchev–Trinajstić information content (AvgIpc) is 2.65. The zero-order valence-corrected chi connectivity index (χ0v) is 9.77. The number of aromatic nitrogens is 2. The Morgan fingerprint density at radius 3 is 2.82 bits per heavy atom. The van der Waals surface area contributed by atoms with Crippen molar-refractivity contribution < 1.29 is 8.91 Å². The van der Waals surface area contributed by atoms with Crippen LogP contribution in [0.4, 0.5) is 10.1 Å². The van der Waals surface area contributed by atoms with Gasteiger partial charge in [-0.3, -0.25) is 0 Å². The van der Waals surface area contributed by atoms with Gasteiger partial charge in [-0.15, -0.1) is 0 Å². The third-order valence-electron chi connectivity index (χ3n) is 2.30. The monoisotopic (exact) mass is 235 g/mol. The summed E-state index contributed by atoms with van der Waals surface area (Å²) in [6, 6.07) is 4.09. The van der Waals surface area contributed by atoms with Crippen LogP contribution in [-0.4, -0.2) is 10.1 Å². The van der Waals surface area contributed by atoms with E-state index in [1.807, 2.05) is 0 Å². The number of hydrogen-bond donors (Lipinski definition) is 1. The second-order valence-corrected chi connectivity index (χ2v) is 4.35. The largest absolute Gasteiger partial charge is 0.398 e. The van der Waals surface area contributed by atoms with Crippen LogP contribution in [0.2, 0.25) is 0 Å². The van der Waals surface area contributed by atoms with Crippen molar-refractivity contribution in [2.75, 3.05) is 5.73 Å². The molecule has 0 saturated heterocycles. The summed E-state index contributed by atoms with van der Waals surface area (Å²) >= 11 is 0. The molecule has 0 aliphatic heterocycles. The molecule has 90 valence electrons. The van der Waals surface area contributed by atoms with Gasteiger partial charge in [0.15, 0.2) is 5.82 Å². The second kappa shape index (κ2) is 4.53. The van der Waals surface area contributed by atoms with Crippen molar-refractivity contribution in [2.24, 2.45) is 5.92 Å². The summed E-state index contributed by atoms with van der Waals surface area (Å²) in [5.41, 5.74) is 6.56.